The van der Waals surface area contributed by atoms with Crippen LogP contribution >= 0.6 is 43.5 Å². The van der Waals surface area contributed by atoms with Crippen molar-refractivity contribution in [3.8, 4) is 5.75 Å². The molecule has 0 amide bonds. The lowest BCUT2D eigenvalue weighted by atomic mass is 10.2. The average molecular weight is 420 g/mol. The molecule has 0 aromatic heterocycles. The van der Waals surface area contributed by atoms with Crippen molar-refractivity contribution < 1.29 is 4.74 Å². The number of ether oxygens (including phenoxy) is 1. The van der Waals surface area contributed by atoms with E-state index in [1.807, 2.05) is 36.4 Å². The van der Waals surface area contributed by atoms with Crippen LogP contribution in [0.3, 0.4) is 0 Å². The highest BCUT2D eigenvalue weighted by molar-refractivity contribution is 9.11. The molecule has 0 saturated heterocycles. The topological polar surface area (TPSA) is 21.3 Å². The Labute approximate surface area is 140 Å². The predicted octanol–water partition coefficient (Wildman–Crippen LogP) is 5.16. The minimum Gasteiger partial charge on any atom is -0.495 e. The molecule has 0 saturated carbocycles. The van der Waals surface area contributed by atoms with Crippen LogP contribution in [0.1, 0.15) is 11.1 Å². The minimum atomic E-state index is 0.701. The van der Waals surface area contributed by atoms with Crippen molar-refractivity contribution in [2.24, 2.45) is 0 Å². The molecule has 0 fully saturated rings. The normalized spacial score (nSPS) is 10.6. The van der Waals surface area contributed by atoms with Crippen LogP contribution < -0.4 is 10.1 Å². The number of nitrogens with one attached hydrogen (secondary N) is 1. The maximum Gasteiger partial charge on any atom is 0.137 e. The zero-order chi connectivity index (χ0) is 14.5. The van der Waals surface area contributed by atoms with Gasteiger partial charge in [-0.1, -0.05) is 45.7 Å². The number of hydrogen-bond donors (Lipinski definition) is 1. The van der Waals surface area contributed by atoms with Gasteiger partial charge in [0.25, 0.3) is 0 Å². The van der Waals surface area contributed by atoms with E-state index in [4.69, 9.17) is 16.3 Å². The molecule has 5 heteroatoms. The average Bonchev–Trinajstić information content (AvgIpc) is 2.40. The van der Waals surface area contributed by atoms with Crippen molar-refractivity contribution >= 4 is 43.5 Å². The van der Waals surface area contributed by atoms with Crippen molar-refractivity contribution in [2.75, 3.05) is 7.11 Å². The summed E-state index contributed by atoms with van der Waals surface area (Å²) in [6.45, 7) is 1.42. The highest BCUT2D eigenvalue weighted by Crippen LogP contribution is 2.32. The van der Waals surface area contributed by atoms with Crippen LogP contribution in [0.4, 0.5) is 0 Å². The standard InChI is InChI=1S/C15H14Br2ClNO/c1-20-15-11(6-12(16)7-13(15)17)9-19-8-10-4-2-3-5-14(10)18/h2-7,19H,8-9H2,1H3. The van der Waals surface area contributed by atoms with Gasteiger partial charge in [0.2, 0.25) is 0 Å². The SMILES string of the molecule is COc1c(Br)cc(Br)cc1CNCc1ccccc1Cl. The molecule has 2 rings (SSSR count). The first kappa shape index (κ1) is 15.8. The Balaban J connectivity index is 2.06. The van der Waals surface area contributed by atoms with Gasteiger partial charge in [-0.05, 0) is 39.7 Å². The Hall–Kier alpha value is -0.550. The van der Waals surface area contributed by atoms with E-state index >= 15 is 0 Å². The van der Waals surface area contributed by atoms with E-state index in [0.717, 1.165) is 30.8 Å². The molecular formula is C15H14Br2ClNO. The zero-order valence-corrected chi connectivity index (χ0v) is 14.8. The first-order valence-corrected chi connectivity index (χ1v) is 8.04. The third-order valence-corrected chi connectivity index (χ3v) is 4.29. The second-order valence-corrected chi connectivity index (χ2v) is 6.45. The molecular weight excluding hydrogens is 405 g/mol. The van der Waals surface area contributed by atoms with Gasteiger partial charge in [-0.3, -0.25) is 0 Å². The maximum absolute atomic E-state index is 6.14. The van der Waals surface area contributed by atoms with Gasteiger partial charge in [-0.2, -0.15) is 0 Å². The van der Waals surface area contributed by atoms with Crippen LogP contribution in [0.5, 0.6) is 5.75 Å². The number of halogens is 3. The van der Waals surface area contributed by atoms with Crippen LogP contribution in [-0.4, -0.2) is 7.11 Å². The molecule has 2 aromatic rings. The van der Waals surface area contributed by atoms with Crippen LogP contribution in [0.25, 0.3) is 0 Å². The first-order chi connectivity index (χ1) is 9.61. The molecule has 0 spiro atoms. The molecule has 2 aromatic carbocycles. The summed E-state index contributed by atoms with van der Waals surface area (Å²) in [5.41, 5.74) is 2.17. The molecule has 0 atom stereocenters. The molecule has 0 aliphatic rings. The Kier molecular flexibility index (Phi) is 5.90. The molecule has 2 nitrogen and oxygen atoms in total. The van der Waals surface area contributed by atoms with Gasteiger partial charge in [-0.25, -0.2) is 0 Å². The van der Waals surface area contributed by atoms with Crippen molar-refractivity contribution in [3.05, 3.63) is 61.5 Å². The summed E-state index contributed by atoms with van der Waals surface area (Å²) in [4.78, 5) is 0. The Morgan fingerprint density at radius 2 is 1.80 bits per heavy atom. The smallest absolute Gasteiger partial charge is 0.137 e. The van der Waals surface area contributed by atoms with Gasteiger partial charge in [0.1, 0.15) is 5.75 Å². The molecule has 0 aliphatic carbocycles. The monoisotopic (exact) mass is 417 g/mol. The molecule has 106 valence electrons. The van der Waals surface area contributed by atoms with E-state index in [1.54, 1.807) is 7.11 Å². The Morgan fingerprint density at radius 1 is 1.10 bits per heavy atom. The Bertz CT molecular complexity index is 604. The molecule has 1 N–H and O–H groups in total. The van der Waals surface area contributed by atoms with Crippen LogP contribution in [0, 0.1) is 0 Å². The summed E-state index contributed by atoms with van der Waals surface area (Å²) in [7, 11) is 1.67. The lowest BCUT2D eigenvalue weighted by molar-refractivity contribution is 0.405. The summed E-state index contributed by atoms with van der Waals surface area (Å²) < 4.78 is 7.37. The molecule has 0 heterocycles. The molecule has 20 heavy (non-hydrogen) atoms. The van der Waals surface area contributed by atoms with Crippen molar-refractivity contribution in [1.82, 2.24) is 5.32 Å². The summed E-state index contributed by atoms with van der Waals surface area (Å²) in [5.74, 6) is 0.847. The van der Waals surface area contributed by atoms with Gasteiger partial charge in [0.15, 0.2) is 0 Å². The van der Waals surface area contributed by atoms with Crippen LogP contribution in [0.2, 0.25) is 5.02 Å². The van der Waals surface area contributed by atoms with E-state index in [2.05, 4.69) is 37.2 Å². The van der Waals surface area contributed by atoms with Crippen molar-refractivity contribution in [3.63, 3.8) is 0 Å². The summed E-state index contributed by atoms with van der Waals surface area (Å²) in [5, 5.41) is 4.16. The summed E-state index contributed by atoms with van der Waals surface area (Å²) in [6, 6.07) is 11.8. The predicted molar refractivity (Wildman–Crippen MR) is 90.4 cm³/mol. The third-order valence-electron chi connectivity index (χ3n) is 2.88. The number of hydrogen-bond acceptors (Lipinski definition) is 2. The van der Waals surface area contributed by atoms with Gasteiger partial charge >= 0.3 is 0 Å². The fourth-order valence-corrected chi connectivity index (χ4v) is 3.63. The van der Waals surface area contributed by atoms with E-state index in [9.17, 15) is 0 Å². The molecule has 0 bridgehead atoms. The lowest BCUT2D eigenvalue weighted by Gasteiger charge is -2.12. The van der Waals surface area contributed by atoms with E-state index in [1.165, 1.54) is 0 Å². The number of methoxy groups -OCH3 is 1. The van der Waals surface area contributed by atoms with Gasteiger partial charge < -0.3 is 10.1 Å². The summed E-state index contributed by atoms with van der Waals surface area (Å²) >= 11 is 13.1. The van der Waals surface area contributed by atoms with Crippen LogP contribution in [0.15, 0.2) is 45.3 Å². The number of rotatable bonds is 5. The molecule has 0 radical (unpaired) electrons. The van der Waals surface area contributed by atoms with E-state index in [0.29, 0.717) is 13.1 Å². The molecule has 0 unspecified atom stereocenters. The summed E-state index contributed by atoms with van der Waals surface area (Å²) in [6.07, 6.45) is 0. The minimum absolute atomic E-state index is 0.701. The first-order valence-electron chi connectivity index (χ1n) is 6.08. The second-order valence-electron chi connectivity index (χ2n) is 4.27. The highest BCUT2D eigenvalue weighted by atomic mass is 79.9. The third kappa shape index (κ3) is 3.98. The number of benzene rings is 2. The fraction of sp³-hybridized carbons (Fsp3) is 0.200. The fourth-order valence-electron chi connectivity index (χ4n) is 1.95. The van der Waals surface area contributed by atoms with E-state index < -0.39 is 0 Å². The van der Waals surface area contributed by atoms with Gasteiger partial charge in [0.05, 0.1) is 11.6 Å². The quantitative estimate of drug-likeness (QED) is 0.723. The maximum atomic E-state index is 6.14. The van der Waals surface area contributed by atoms with E-state index in [-0.39, 0.29) is 0 Å². The van der Waals surface area contributed by atoms with Gasteiger partial charge in [0, 0.05) is 28.1 Å². The zero-order valence-electron chi connectivity index (χ0n) is 10.9. The second kappa shape index (κ2) is 7.46. The molecule has 0 aliphatic heterocycles. The Morgan fingerprint density at radius 3 is 2.50 bits per heavy atom. The largest absolute Gasteiger partial charge is 0.495 e. The van der Waals surface area contributed by atoms with Crippen molar-refractivity contribution in [1.29, 1.82) is 0 Å². The van der Waals surface area contributed by atoms with Crippen LogP contribution in [-0.2, 0) is 13.1 Å². The van der Waals surface area contributed by atoms with Gasteiger partial charge in [-0.15, -0.1) is 0 Å². The highest BCUT2D eigenvalue weighted by Gasteiger charge is 2.09. The lowest BCUT2D eigenvalue weighted by Crippen LogP contribution is -2.13. The van der Waals surface area contributed by atoms with Crippen molar-refractivity contribution in [2.45, 2.75) is 13.1 Å².